The first-order valence-electron chi connectivity index (χ1n) is 9.37. The predicted molar refractivity (Wildman–Crippen MR) is 110 cm³/mol. The molecule has 1 aromatic heterocycles. The van der Waals surface area contributed by atoms with E-state index in [9.17, 15) is 14.4 Å². The zero-order valence-electron chi connectivity index (χ0n) is 16.0. The zero-order valence-corrected chi connectivity index (χ0v) is 16.8. The van der Waals surface area contributed by atoms with Gasteiger partial charge in [-0.2, -0.15) is 0 Å². The number of aryl methyl sites for hydroxylation is 2. The molecule has 0 saturated carbocycles. The molecule has 3 rings (SSSR count). The summed E-state index contributed by atoms with van der Waals surface area (Å²) >= 11 is 1.45. The van der Waals surface area contributed by atoms with Crippen molar-refractivity contribution < 1.29 is 19.5 Å². The Hall–Kier alpha value is -2.67. The number of hydrogen-bond acceptors (Lipinski definition) is 4. The minimum absolute atomic E-state index is 0.0604. The quantitative estimate of drug-likeness (QED) is 0.648. The van der Waals surface area contributed by atoms with Gasteiger partial charge in [-0.25, -0.2) is 0 Å². The summed E-state index contributed by atoms with van der Waals surface area (Å²) in [5, 5.41) is 15.2. The summed E-state index contributed by atoms with van der Waals surface area (Å²) in [6.45, 7) is 3.71. The molecule has 0 aliphatic heterocycles. The van der Waals surface area contributed by atoms with Gasteiger partial charge >= 0.3 is 5.97 Å². The number of rotatable bonds is 7. The van der Waals surface area contributed by atoms with Crippen molar-refractivity contribution in [3.63, 3.8) is 0 Å². The van der Waals surface area contributed by atoms with Crippen molar-refractivity contribution in [2.45, 2.75) is 46.0 Å². The monoisotopic (exact) mass is 400 g/mol. The van der Waals surface area contributed by atoms with Crippen LogP contribution in [0.2, 0.25) is 0 Å². The van der Waals surface area contributed by atoms with Crippen molar-refractivity contribution in [2.24, 2.45) is 5.92 Å². The second kappa shape index (κ2) is 8.56. The minimum atomic E-state index is -0.923. The van der Waals surface area contributed by atoms with Crippen LogP contribution in [-0.2, 0) is 22.4 Å². The van der Waals surface area contributed by atoms with Gasteiger partial charge in [-0.15, -0.1) is 11.3 Å². The van der Waals surface area contributed by atoms with E-state index in [0.29, 0.717) is 16.3 Å². The van der Waals surface area contributed by atoms with Crippen molar-refractivity contribution in [1.29, 1.82) is 0 Å². The Balaban J connectivity index is 1.77. The van der Waals surface area contributed by atoms with Crippen LogP contribution in [0.15, 0.2) is 24.3 Å². The molecule has 7 heteroatoms. The summed E-state index contributed by atoms with van der Waals surface area (Å²) in [6.07, 6.45) is 2.79. The number of nitrogens with one attached hydrogen (secondary N) is 2. The maximum absolute atomic E-state index is 13.0. The first-order chi connectivity index (χ1) is 13.3. The molecule has 1 atom stereocenters. The largest absolute Gasteiger partial charge is 0.481 e. The molecule has 2 amide bonds. The van der Waals surface area contributed by atoms with Crippen molar-refractivity contribution in [2.75, 3.05) is 10.6 Å². The molecule has 3 N–H and O–H groups in total. The number of carbonyl (C=O) groups excluding carboxylic acids is 2. The molecule has 28 heavy (non-hydrogen) atoms. The molecule has 148 valence electrons. The number of thiophene rings is 1. The van der Waals surface area contributed by atoms with Gasteiger partial charge in [0.1, 0.15) is 5.00 Å². The number of hydrogen-bond donors (Lipinski definition) is 3. The minimum Gasteiger partial charge on any atom is -0.481 e. The van der Waals surface area contributed by atoms with Crippen LogP contribution >= 0.6 is 11.3 Å². The molecule has 1 heterocycles. The fourth-order valence-electron chi connectivity index (χ4n) is 3.43. The van der Waals surface area contributed by atoms with Crippen molar-refractivity contribution in [3.05, 3.63) is 45.8 Å². The van der Waals surface area contributed by atoms with Gasteiger partial charge in [-0.1, -0.05) is 24.6 Å². The maximum Gasteiger partial charge on any atom is 0.303 e. The number of anilines is 2. The van der Waals surface area contributed by atoms with E-state index in [1.165, 1.54) is 11.3 Å². The number of aliphatic carboxylic acids is 1. The van der Waals surface area contributed by atoms with Crippen molar-refractivity contribution in [3.8, 4) is 0 Å². The van der Waals surface area contributed by atoms with Gasteiger partial charge in [0.2, 0.25) is 5.91 Å². The molecule has 1 aliphatic rings. The van der Waals surface area contributed by atoms with E-state index in [2.05, 4.69) is 10.6 Å². The third-order valence-corrected chi connectivity index (χ3v) is 5.97. The highest BCUT2D eigenvalue weighted by molar-refractivity contribution is 7.17. The van der Waals surface area contributed by atoms with Crippen LogP contribution in [0.1, 0.15) is 52.5 Å². The number of carboxylic acids is 1. The summed E-state index contributed by atoms with van der Waals surface area (Å²) in [7, 11) is 0. The standard InChI is InChI=1S/C21H24N2O4S/c1-12-6-8-14(9-7-12)22-20(27)19-15-4-3-5-16(15)28-21(19)23-17(24)10-13(2)11-18(25)26/h6-9,13H,3-5,10-11H2,1-2H3,(H,22,27)(H,23,24)(H,25,26)/t13-/m0/s1. The molecular weight excluding hydrogens is 376 g/mol. The maximum atomic E-state index is 13.0. The van der Waals surface area contributed by atoms with Crippen molar-refractivity contribution in [1.82, 2.24) is 0 Å². The molecule has 0 unspecified atom stereocenters. The Morgan fingerprint density at radius 1 is 1.11 bits per heavy atom. The van der Waals surface area contributed by atoms with Crippen LogP contribution < -0.4 is 10.6 Å². The number of carboxylic acid groups (broad SMARTS) is 1. The highest BCUT2D eigenvalue weighted by atomic mass is 32.1. The van der Waals surface area contributed by atoms with Crippen LogP contribution in [0.25, 0.3) is 0 Å². The van der Waals surface area contributed by atoms with E-state index in [0.717, 1.165) is 35.3 Å². The first kappa shape index (κ1) is 20.1. The SMILES string of the molecule is Cc1ccc(NC(=O)c2c(NC(=O)C[C@H](C)CC(=O)O)sc3c2CCC3)cc1. The van der Waals surface area contributed by atoms with Crippen LogP contribution in [0.4, 0.5) is 10.7 Å². The highest BCUT2D eigenvalue weighted by Gasteiger charge is 2.28. The topological polar surface area (TPSA) is 95.5 Å². The molecule has 2 aromatic rings. The highest BCUT2D eigenvalue weighted by Crippen LogP contribution is 2.39. The Bertz CT molecular complexity index is 902. The van der Waals surface area contributed by atoms with Gasteiger partial charge in [-0.05, 0) is 49.8 Å². The molecule has 0 spiro atoms. The Morgan fingerprint density at radius 3 is 2.50 bits per heavy atom. The molecule has 0 bridgehead atoms. The summed E-state index contributed by atoms with van der Waals surface area (Å²) < 4.78 is 0. The van der Waals surface area contributed by atoms with Gasteiger partial charge in [0, 0.05) is 23.4 Å². The summed E-state index contributed by atoms with van der Waals surface area (Å²) in [5.74, 6) is -1.68. The molecule has 0 radical (unpaired) electrons. The molecule has 0 saturated heterocycles. The van der Waals surface area contributed by atoms with Gasteiger partial charge in [0.15, 0.2) is 0 Å². The predicted octanol–water partition coefficient (Wildman–Crippen LogP) is 4.24. The third-order valence-electron chi connectivity index (χ3n) is 4.77. The zero-order chi connectivity index (χ0) is 20.3. The Kier molecular flexibility index (Phi) is 6.14. The fraction of sp³-hybridized carbons (Fsp3) is 0.381. The van der Waals surface area contributed by atoms with Gasteiger partial charge in [0.25, 0.3) is 5.91 Å². The second-order valence-corrected chi connectivity index (χ2v) is 8.44. The van der Waals surface area contributed by atoms with E-state index in [4.69, 9.17) is 5.11 Å². The molecule has 6 nitrogen and oxygen atoms in total. The molecule has 0 fully saturated rings. The second-order valence-electron chi connectivity index (χ2n) is 7.34. The lowest BCUT2D eigenvalue weighted by atomic mass is 10.0. The Morgan fingerprint density at radius 2 is 1.82 bits per heavy atom. The third kappa shape index (κ3) is 4.78. The van der Waals surface area contributed by atoms with Crippen LogP contribution in [0.3, 0.4) is 0 Å². The van der Waals surface area contributed by atoms with E-state index >= 15 is 0 Å². The lowest BCUT2D eigenvalue weighted by molar-refractivity contribution is -0.138. The van der Waals surface area contributed by atoms with Crippen LogP contribution in [0.5, 0.6) is 0 Å². The van der Waals surface area contributed by atoms with E-state index in [1.54, 1.807) is 6.92 Å². The Labute approximate surface area is 168 Å². The lowest BCUT2D eigenvalue weighted by Crippen LogP contribution is -2.20. The summed E-state index contributed by atoms with van der Waals surface area (Å²) in [5.41, 5.74) is 3.37. The van der Waals surface area contributed by atoms with Crippen molar-refractivity contribution >= 4 is 39.8 Å². The first-order valence-corrected chi connectivity index (χ1v) is 10.2. The van der Waals surface area contributed by atoms with E-state index in [1.807, 2.05) is 31.2 Å². The number of amides is 2. The van der Waals surface area contributed by atoms with E-state index in [-0.39, 0.29) is 30.6 Å². The number of fused-ring (bicyclic) bond motifs is 1. The average Bonchev–Trinajstić information content (AvgIpc) is 3.16. The van der Waals surface area contributed by atoms with Gasteiger partial charge < -0.3 is 15.7 Å². The average molecular weight is 401 g/mol. The molecular formula is C21H24N2O4S. The lowest BCUT2D eigenvalue weighted by Gasteiger charge is -2.11. The number of benzene rings is 1. The van der Waals surface area contributed by atoms with Gasteiger partial charge in [0.05, 0.1) is 5.56 Å². The van der Waals surface area contributed by atoms with Gasteiger partial charge in [-0.3, -0.25) is 14.4 Å². The molecule has 1 aromatic carbocycles. The normalized spacial score (nSPS) is 13.6. The smallest absolute Gasteiger partial charge is 0.303 e. The van der Waals surface area contributed by atoms with E-state index < -0.39 is 5.97 Å². The van der Waals surface area contributed by atoms with Crippen LogP contribution in [0, 0.1) is 12.8 Å². The summed E-state index contributed by atoms with van der Waals surface area (Å²) in [4.78, 5) is 37.3. The fourth-order valence-corrected chi connectivity index (χ4v) is 4.73. The summed E-state index contributed by atoms with van der Waals surface area (Å²) in [6, 6.07) is 7.57. The number of carbonyl (C=O) groups is 3. The van der Waals surface area contributed by atoms with Crippen LogP contribution in [-0.4, -0.2) is 22.9 Å². The molecule has 1 aliphatic carbocycles.